The normalized spacial score (nSPS) is 31.9. The summed E-state index contributed by atoms with van der Waals surface area (Å²) < 4.78 is 6.01. The molecule has 136 valence electrons. The highest BCUT2D eigenvalue weighted by Gasteiger charge is 2.53. The molecule has 0 unspecified atom stereocenters. The van der Waals surface area contributed by atoms with E-state index in [-0.39, 0.29) is 28.4 Å². The molecule has 1 aromatic heterocycles. The predicted molar refractivity (Wildman–Crippen MR) is 96.3 cm³/mol. The molecule has 1 aromatic carbocycles. The van der Waals surface area contributed by atoms with E-state index in [9.17, 15) is 15.0 Å². The Balaban J connectivity index is 1.40. The van der Waals surface area contributed by atoms with E-state index in [1.54, 1.807) is 6.07 Å². The van der Waals surface area contributed by atoms with Crippen molar-refractivity contribution >= 4 is 11.6 Å². The Bertz CT molecular complexity index is 813. The molecular weight excluding hydrogens is 330 g/mol. The van der Waals surface area contributed by atoms with Gasteiger partial charge in [-0.1, -0.05) is 6.07 Å². The third-order valence-electron chi connectivity index (χ3n) is 6.65. The molecule has 5 heteroatoms. The maximum atomic E-state index is 12.5. The first-order chi connectivity index (χ1) is 12.5. The molecule has 4 saturated carbocycles. The Hall–Kier alpha value is -2.43. The zero-order valence-corrected chi connectivity index (χ0v) is 14.6. The van der Waals surface area contributed by atoms with Gasteiger partial charge in [0.2, 0.25) is 0 Å². The Labute approximate surface area is 152 Å². The third-order valence-corrected chi connectivity index (χ3v) is 6.65. The monoisotopic (exact) mass is 353 g/mol. The van der Waals surface area contributed by atoms with Crippen molar-refractivity contribution in [3.05, 3.63) is 41.9 Å². The van der Waals surface area contributed by atoms with E-state index >= 15 is 0 Å². The van der Waals surface area contributed by atoms with Crippen molar-refractivity contribution in [2.24, 2.45) is 17.8 Å². The van der Waals surface area contributed by atoms with Crippen molar-refractivity contribution in [2.45, 2.75) is 43.9 Å². The molecule has 6 rings (SSSR count). The van der Waals surface area contributed by atoms with Crippen molar-refractivity contribution < 1.29 is 19.4 Å². The summed E-state index contributed by atoms with van der Waals surface area (Å²) in [6.45, 7) is 0. The summed E-state index contributed by atoms with van der Waals surface area (Å²) in [4.78, 5) is 12.5. The lowest BCUT2D eigenvalue weighted by Gasteiger charge is -2.55. The minimum absolute atomic E-state index is 0.00487. The first-order valence-electron chi connectivity index (χ1n) is 9.45. The molecule has 2 aromatic rings. The summed E-state index contributed by atoms with van der Waals surface area (Å²) in [7, 11) is 0. The summed E-state index contributed by atoms with van der Waals surface area (Å²) >= 11 is 0. The predicted octanol–water partition coefficient (Wildman–Crippen LogP) is 4.41. The topological polar surface area (TPSA) is 82.7 Å². The highest BCUT2D eigenvalue weighted by atomic mass is 16.4. The van der Waals surface area contributed by atoms with E-state index in [0.29, 0.717) is 0 Å². The van der Waals surface area contributed by atoms with Gasteiger partial charge in [0.05, 0.1) is 0 Å². The van der Waals surface area contributed by atoms with Gasteiger partial charge in [-0.3, -0.25) is 4.79 Å². The highest BCUT2D eigenvalue weighted by molar-refractivity contribution is 6.04. The van der Waals surface area contributed by atoms with Crippen molar-refractivity contribution in [2.75, 3.05) is 5.32 Å². The van der Waals surface area contributed by atoms with Crippen LogP contribution in [0.5, 0.6) is 11.5 Å². The minimum atomic E-state index is -0.460. The number of phenols is 2. The van der Waals surface area contributed by atoms with Crippen molar-refractivity contribution in [1.29, 1.82) is 0 Å². The maximum absolute atomic E-state index is 12.5. The van der Waals surface area contributed by atoms with Crippen LogP contribution in [0.2, 0.25) is 0 Å². The van der Waals surface area contributed by atoms with E-state index in [1.165, 1.54) is 56.7 Å². The Kier molecular flexibility index (Phi) is 3.36. The number of hydrogen-bond acceptors (Lipinski definition) is 4. The zero-order valence-electron chi connectivity index (χ0n) is 14.6. The van der Waals surface area contributed by atoms with E-state index in [1.807, 2.05) is 6.07 Å². The summed E-state index contributed by atoms with van der Waals surface area (Å²) in [5.41, 5.74) is 0.106. The molecule has 0 aliphatic heterocycles. The number of para-hydroxylation sites is 1. The van der Waals surface area contributed by atoms with Crippen LogP contribution < -0.4 is 5.32 Å². The maximum Gasteiger partial charge on any atom is 0.291 e. The minimum Gasteiger partial charge on any atom is -0.506 e. The molecule has 0 atom stereocenters. The molecule has 4 fully saturated rings. The molecule has 4 bridgehead atoms. The molecule has 1 heterocycles. The number of rotatable bonds is 3. The van der Waals surface area contributed by atoms with Gasteiger partial charge in [-0.05, 0) is 80.5 Å². The Morgan fingerprint density at radius 2 is 1.54 bits per heavy atom. The number of nitrogens with one attached hydrogen (secondary N) is 1. The fraction of sp³-hybridized carbons (Fsp3) is 0.476. The molecule has 0 saturated heterocycles. The molecule has 5 nitrogen and oxygen atoms in total. The van der Waals surface area contributed by atoms with Crippen LogP contribution in [0.15, 0.2) is 34.7 Å². The van der Waals surface area contributed by atoms with Crippen molar-refractivity contribution in [3.8, 4) is 11.5 Å². The van der Waals surface area contributed by atoms with Gasteiger partial charge in [-0.2, -0.15) is 0 Å². The van der Waals surface area contributed by atoms with E-state index in [2.05, 4.69) is 5.32 Å². The quantitative estimate of drug-likeness (QED) is 0.714. The second kappa shape index (κ2) is 5.53. The number of phenolic OH excluding ortho intramolecular Hbond substituents is 2. The number of furan rings is 1. The van der Waals surface area contributed by atoms with Crippen LogP contribution in [0, 0.1) is 17.8 Å². The lowest BCUT2D eigenvalue weighted by atomic mass is 9.49. The second-order valence-corrected chi connectivity index (χ2v) is 8.49. The largest absolute Gasteiger partial charge is 0.506 e. The van der Waals surface area contributed by atoms with Gasteiger partial charge in [0.15, 0.2) is 5.76 Å². The van der Waals surface area contributed by atoms with E-state index in [0.717, 1.165) is 23.5 Å². The summed E-state index contributed by atoms with van der Waals surface area (Å²) in [6.07, 6.45) is 7.61. The Morgan fingerprint density at radius 1 is 0.962 bits per heavy atom. The first kappa shape index (κ1) is 15.8. The van der Waals surface area contributed by atoms with E-state index in [4.69, 9.17) is 4.42 Å². The van der Waals surface area contributed by atoms with Crippen LogP contribution in [0.25, 0.3) is 0 Å². The number of carbonyl (C=O) groups excluding carboxylic acids is 1. The third kappa shape index (κ3) is 2.41. The van der Waals surface area contributed by atoms with Gasteiger partial charge in [0.25, 0.3) is 5.91 Å². The summed E-state index contributed by atoms with van der Waals surface area (Å²) in [6, 6.07) is 8.00. The second-order valence-electron chi connectivity index (χ2n) is 8.49. The van der Waals surface area contributed by atoms with Crippen LogP contribution in [0.4, 0.5) is 5.69 Å². The summed E-state index contributed by atoms with van der Waals surface area (Å²) in [5, 5.41) is 22.2. The van der Waals surface area contributed by atoms with Crippen molar-refractivity contribution in [1.82, 2.24) is 0 Å². The standard InChI is InChI=1S/C21H23NO4/c23-15-2-1-3-16(24)19(15)22-20(25)17-4-5-18(26-17)21-9-12-6-13(10-21)8-14(7-12)11-21/h1-5,12-14,23-24H,6-11H2,(H,22,25). The number of carbonyl (C=O) groups is 1. The number of benzene rings is 1. The molecule has 1 amide bonds. The van der Waals surface area contributed by atoms with Gasteiger partial charge < -0.3 is 19.9 Å². The van der Waals surface area contributed by atoms with Crippen LogP contribution in [0.1, 0.15) is 54.8 Å². The SMILES string of the molecule is O=C(Nc1c(O)cccc1O)c1ccc(C23CC4CC(CC(C4)C2)C3)o1. The average molecular weight is 353 g/mol. The van der Waals surface area contributed by atoms with Gasteiger partial charge in [0, 0.05) is 5.41 Å². The molecule has 0 radical (unpaired) electrons. The molecular formula is C21H23NO4. The summed E-state index contributed by atoms with van der Waals surface area (Å²) in [5.74, 6) is 2.77. The fourth-order valence-corrected chi connectivity index (χ4v) is 5.99. The van der Waals surface area contributed by atoms with Crippen LogP contribution >= 0.6 is 0 Å². The van der Waals surface area contributed by atoms with Gasteiger partial charge in [-0.15, -0.1) is 0 Å². The molecule has 0 spiro atoms. The molecule has 3 N–H and O–H groups in total. The van der Waals surface area contributed by atoms with Crippen LogP contribution in [-0.2, 0) is 5.41 Å². The number of amides is 1. The number of anilines is 1. The smallest absolute Gasteiger partial charge is 0.291 e. The van der Waals surface area contributed by atoms with E-state index < -0.39 is 5.91 Å². The Morgan fingerprint density at radius 3 is 2.12 bits per heavy atom. The zero-order chi connectivity index (χ0) is 17.9. The van der Waals surface area contributed by atoms with Gasteiger partial charge in [-0.25, -0.2) is 0 Å². The highest BCUT2D eigenvalue weighted by Crippen LogP contribution is 2.60. The number of aromatic hydroxyl groups is 2. The van der Waals surface area contributed by atoms with Crippen LogP contribution in [-0.4, -0.2) is 16.1 Å². The van der Waals surface area contributed by atoms with Crippen molar-refractivity contribution in [3.63, 3.8) is 0 Å². The van der Waals surface area contributed by atoms with Gasteiger partial charge >= 0.3 is 0 Å². The lowest BCUT2D eigenvalue weighted by Crippen LogP contribution is -2.48. The molecule has 4 aliphatic rings. The lowest BCUT2D eigenvalue weighted by molar-refractivity contribution is -0.0154. The molecule has 4 aliphatic carbocycles. The van der Waals surface area contributed by atoms with Crippen LogP contribution in [0.3, 0.4) is 0 Å². The average Bonchev–Trinajstić information content (AvgIpc) is 3.08. The molecule has 26 heavy (non-hydrogen) atoms. The fourth-order valence-electron chi connectivity index (χ4n) is 5.99. The first-order valence-corrected chi connectivity index (χ1v) is 9.45. The number of hydrogen-bond donors (Lipinski definition) is 3. The van der Waals surface area contributed by atoms with Gasteiger partial charge in [0.1, 0.15) is 22.9 Å².